The molecule has 1 amide bonds. The lowest BCUT2D eigenvalue weighted by molar-refractivity contribution is 0.0123. The van der Waals surface area contributed by atoms with Crippen LogP contribution in [0.25, 0.3) is 11.0 Å². The van der Waals surface area contributed by atoms with E-state index in [0.29, 0.717) is 42.8 Å². The molecule has 0 bridgehead atoms. The minimum atomic E-state index is -0.489. The van der Waals surface area contributed by atoms with E-state index in [1.54, 1.807) is 29.3 Å². The molecule has 0 aliphatic carbocycles. The van der Waals surface area contributed by atoms with E-state index in [1.165, 1.54) is 0 Å². The predicted octanol–water partition coefficient (Wildman–Crippen LogP) is 3.11. The predicted molar refractivity (Wildman–Crippen MR) is 92.7 cm³/mol. The van der Waals surface area contributed by atoms with Crippen LogP contribution in [0.2, 0.25) is 0 Å². The second-order valence-corrected chi connectivity index (χ2v) is 7.17. The van der Waals surface area contributed by atoms with Crippen molar-refractivity contribution in [3.05, 3.63) is 24.4 Å². The van der Waals surface area contributed by atoms with E-state index < -0.39 is 5.60 Å². The number of hydrogen-bond donors (Lipinski definition) is 1. The lowest BCUT2D eigenvalue weighted by Crippen LogP contribution is -2.44. The Balaban J connectivity index is 1.58. The molecule has 7 nitrogen and oxygen atoms in total. The van der Waals surface area contributed by atoms with Crippen LogP contribution in [0, 0.1) is 0 Å². The van der Waals surface area contributed by atoms with E-state index in [0.717, 1.165) is 0 Å². The first-order valence-electron chi connectivity index (χ1n) is 8.40. The fourth-order valence-corrected chi connectivity index (χ4v) is 2.69. The van der Waals surface area contributed by atoms with Gasteiger partial charge in [-0.2, -0.15) is 0 Å². The molecule has 0 radical (unpaired) electrons. The number of phenols is 1. The van der Waals surface area contributed by atoms with Gasteiger partial charge >= 0.3 is 6.09 Å². The van der Waals surface area contributed by atoms with Gasteiger partial charge < -0.3 is 19.5 Å². The monoisotopic (exact) mass is 345 g/mol. The van der Waals surface area contributed by atoms with Gasteiger partial charge in [0.1, 0.15) is 17.5 Å². The maximum atomic E-state index is 12.1. The molecule has 7 heteroatoms. The number of ether oxygens (including phenoxy) is 2. The molecule has 1 fully saturated rings. The lowest BCUT2D eigenvalue weighted by atomic mass is 10.1. The lowest BCUT2D eigenvalue weighted by Gasteiger charge is -2.33. The Hall–Kier alpha value is -2.57. The Morgan fingerprint density at radius 2 is 1.96 bits per heavy atom. The van der Waals surface area contributed by atoms with Gasteiger partial charge in [0.05, 0.1) is 17.2 Å². The number of rotatable bonds is 2. The van der Waals surface area contributed by atoms with Crippen molar-refractivity contribution in [3.63, 3.8) is 0 Å². The van der Waals surface area contributed by atoms with E-state index >= 15 is 0 Å². The highest BCUT2D eigenvalue weighted by atomic mass is 16.6. The number of likely N-dealkylation sites (tertiary alicyclic amines) is 1. The summed E-state index contributed by atoms with van der Waals surface area (Å²) >= 11 is 0. The zero-order chi connectivity index (χ0) is 18.0. The molecule has 0 atom stereocenters. The maximum absolute atomic E-state index is 12.1. The summed E-state index contributed by atoms with van der Waals surface area (Å²) in [7, 11) is 0. The van der Waals surface area contributed by atoms with Gasteiger partial charge in [0, 0.05) is 32.0 Å². The third-order valence-corrected chi connectivity index (χ3v) is 3.88. The number of fused-ring (bicyclic) bond motifs is 1. The van der Waals surface area contributed by atoms with Gasteiger partial charge in [-0.25, -0.2) is 14.8 Å². The Bertz CT molecular complexity index is 764. The molecule has 1 aromatic heterocycles. The molecule has 1 saturated heterocycles. The van der Waals surface area contributed by atoms with Gasteiger partial charge in [-0.05, 0) is 32.9 Å². The number of phenolic OH excluding ortho intramolecular Hbond substituents is 1. The number of carbonyl (C=O) groups excluding carboxylic acids is 1. The maximum Gasteiger partial charge on any atom is 0.410 e. The Morgan fingerprint density at radius 3 is 2.64 bits per heavy atom. The third-order valence-electron chi connectivity index (χ3n) is 3.88. The van der Waals surface area contributed by atoms with Gasteiger partial charge in [-0.3, -0.25) is 0 Å². The molecule has 1 aliphatic rings. The van der Waals surface area contributed by atoms with Crippen LogP contribution in [0.1, 0.15) is 33.6 Å². The second kappa shape index (κ2) is 6.74. The van der Waals surface area contributed by atoms with Crippen LogP contribution < -0.4 is 4.74 Å². The van der Waals surface area contributed by atoms with Gasteiger partial charge in [0.25, 0.3) is 0 Å². The van der Waals surface area contributed by atoms with Crippen molar-refractivity contribution >= 4 is 17.1 Å². The number of aromatic nitrogens is 2. The second-order valence-electron chi connectivity index (χ2n) is 7.17. The largest absolute Gasteiger partial charge is 0.508 e. The first kappa shape index (κ1) is 17.3. The standard InChI is InChI=1S/C18H23N3O4/c1-18(2,3)25-17(23)21-8-6-13(7-9-21)24-16-11-19-14-5-4-12(22)10-15(14)20-16/h4-5,10-11,13,22H,6-9H2,1-3H3. The van der Waals surface area contributed by atoms with Crippen molar-refractivity contribution in [2.24, 2.45) is 0 Å². The van der Waals surface area contributed by atoms with E-state index in [4.69, 9.17) is 9.47 Å². The summed E-state index contributed by atoms with van der Waals surface area (Å²) in [6.07, 6.45) is 2.69. The summed E-state index contributed by atoms with van der Waals surface area (Å²) in [4.78, 5) is 22.4. The molecule has 1 aromatic carbocycles. The van der Waals surface area contributed by atoms with Crippen molar-refractivity contribution in [3.8, 4) is 11.6 Å². The molecule has 1 N–H and O–H groups in total. The Morgan fingerprint density at radius 1 is 1.24 bits per heavy atom. The molecular weight excluding hydrogens is 322 g/mol. The van der Waals surface area contributed by atoms with Crippen LogP contribution in [0.15, 0.2) is 24.4 Å². The molecule has 25 heavy (non-hydrogen) atoms. The third kappa shape index (κ3) is 4.49. The fraction of sp³-hybridized carbons (Fsp3) is 0.500. The van der Waals surface area contributed by atoms with E-state index in [2.05, 4.69) is 9.97 Å². The number of nitrogens with zero attached hydrogens (tertiary/aromatic N) is 3. The van der Waals surface area contributed by atoms with Crippen LogP contribution in [-0.4, -0.2) is 50.9 Å². The highest BCUT2D eigenvalue weighted by Gasteiger charge is 2.27. The zero-order valence-electron chi connectivity index (χ0n) is 14.7. The van der Waals surface area contributed by atoms with Crippen LogP contribution in [0.5, 0.6) is 11.6 Å². The molecule has 2 aromatic rings. The van der Waals surface area contributed by atoms with E-state index in [1.807, 2.05) is 20.8 Å². The summed E-state index contributed by atoms with van der Waals surface area (Å²) in [6, 6.07) is 4.84. The quantitative estimate of drug-likeness (QED) is 0.900. The number of aromatic hydroxyl groups is 1. The van der Waals surface area contributed by atoms with Crippen LogP contribution in [0.3, 0.4) is 0 Å². The molecule has 1 aliphatic heterocycles. The minimum Gasteiger partial charge on any atom is -0.508 e. The van der Waals surface area contributed by atoms with Crippen molar-refractivity contribution in [2.45, 2.75) is 45.3 Å². The number of piperidine rings is 1. The molecule has 3 rings (SSSR count). The van der Waals surface area contributed by atoms with Crippen molar-refractivity contribution in [1.29, 1.82) is 0 Å². The Kier molecular flexibility index (Phi) is 4.65. The molecule has 0 saturated carbocycles. The van der Waals surface area contributed by atoms with Crippen molar-refractivity contribution < 1.29 is 19.4 Å². The topological polar surface area (TPSA) is 84.8 Å². The van der Waals surface area contributed by atoms with Crippen LogP contribution in [-0.2, 0) is 4.74 Å². The van der Waals surface area contributed by atoms with Crippen LogP contribution in [0.4, 0.5) is 4.79 Å². The van der Waals surface area contributed by atoms with Crippen molar-refractivity contribution in [1.82, 2.24) is 14.9 Å². The van der Waals surface area contributed by atoms with Crippen LogP contribution >= 0.6 is 0 Å². The zero-order valence-corrected chi connectivity index (χ0v) is 14.7. The summed E-state index contributed by atoms with van der Waals surface area (Å²) in [5.74, 6) is 0.568. The molecule has 0 spiro atoms. The normalized spacial score (nSPS) is 16.0. The molecule has 0 unspecified atom stereocenters. The first-order chi connectivity index (χ1) is 11.8. The smallest absolute Gasteiger partial charge is 0.410 e. The SMILES string of the molecule is CC(C)(C)OC(=O)N1CCC(Oc2cnc3ccc(O)cc3n2)CC1. The number of benzene rings is 1. The van der Waals surface area contributed by atoms with Gasteiger partial charge in [0.2, 0.25) is 5.88 Å². The van der Waals surface area contributed by atoms with Gasteiger partial charge in [-0.15, -0.1) is 0 Å². The summed E-state index contributed by atoms with van der Waals surface area (Å²) in [5.41, 5.74) is 0.796. The summed E-state index contributed by atoms with van der Waals surface area (Å²) in [6.45, 7) is 6.74. The number of hydrogen-bond acceptors (Lipinski definition) is 6. The first-order valence-corrected chi connectivity index (χ1v) is 8.40. The molecular formula is C18H23N3O4. The van der Waals surface area contributed by atoms with E-state index in [9.17, 15) is 9.90 Å². The Labute approximate surface area is 146 Å². The highest BCUT2D eigenvalue weighted by molar-refractivity contribution is 5.76. The van der Waals surface area contributed by atoms with Gasteiger partial charge in [-0.1, -0.05) is 0 Å². The number of carbonyl (C=O) groups is 1. The molecule has 134 valence electrons. The minimum absolute atomic E-state index is 0.0252. The fourth-order valence-electron chi connectivity index (χ4n) is 2.69. The summed E-state index contributed by atoms with van der Waals surface area (Å²) < 4.78 is 11.3. The molecule has 2 heterocycles. The van der Waals surface area contributed by atoms with Crippen molar-refractivity contribution in [2.75, 3.05) is 13.1 Å². The highest BCUT2D eigenvalue weighted by Crippen LogP contribution is 2.22. The van der Waals surface area contributed by atoms with E-state index in [-0.39, 0.29) is 17.9 Å². The average Bonchev–Trinajstić information content (AvgIpc) is 2.53. The number of amides is 1. The van der Waals surface area contributed by atoms with Gasteiger partial charge in [0.15, 0.2) is 0 Å². The average molecular weight is 345 g/mol. The summed E-state index contributed by atoms with van der Waals surface area (Å²) in [5, 5.41) is 9.55.